The number of Topliss-reactive ketones (excluding diaryl/α,β-unsaturated/α-hetero) is 1. The van der Waals surface area contributed by atoms with Crippen molar-refractivity contribution in [1.82, 2.24) is 35.4 Å². The number of ether oxygens (including phenoxy) is 1. The lowest BCUT2D eigenvalue weighted by Crippen LogP contribution is -2.60. The largest absolute Gasteiger partial charge is 0.467 e. The minimum absolute atomic E-state index is 0.000810. The van der Waals surface area contributed by atoms with Gasteiger partial charge in [-0.15, -0.1) is 0 Å². The number of hydrogen-bond acceptors (Lipinski definition) is 11. The van der Waals surface area contributed by atoms with Crippen molar-refractivity contribution in [3.8, 4) is 6.07 Å². The number of carbonyl (C=O) groups excluding carboxylic acids is 8. The standard InChI is InChI=1S/C54H86N8O10/c1-15-17-22-36(7)30-42(51(67)59(10)38(9)54(70)71-13)57-49(65)46(32-39-33-62(72-14)44-25-20-19-24-40(39)44)61(12)52(68)41(28-34(3)4)56-48(64)45(29-35(5)6)60(11)53(69)43(31-37(8)23-18-16-2)58-50(66)47(63)26-21-27-55/h19-20,24-25,33-38,41-43,45-46H,15-18,21-23,26,28-32H2,1-14H3,(H,56,64)(H,57,65)(H,58,66)/t36-,37-,38+,41+,42+,43+,45+,46+/m1/s1. The van der Waals surface area contributed by atoms with Gasteiger partial charge in [0.05, 0.1) is 18.7 Å². The van der Waals surface area contributed by atoms with Crippen LogP contribution < -0.4 is 20.8 Å². The Hall–Kier alpha value is -5.99. The van der Waals surface area contributed by atoms with Crippen molar-refractivity contribution in [2.24, 2.45) is 23.7 Å². The predicted octanol–water partition coefficient (Wildman–Crippen LogP) is 5.77. The smallest absolute Gasteiger partial charge is 0.328 e. The molecule has 0 bridgehead atoms. The molecule has 1 aromatic heterocycles. The molecule has 0 aliphatic carbocycles. The highest BCUT2D eigenvalue weighted by Crippen LogP contribution is 2.25. The number of hydrogen-bond donors (Lipinski definition) is 3. The molecule has 0 fully saturated rings. The predicted molar refractivity (Wildman–Crippen MR) is 277 cm³/mol. The van der Waals surface area contributed by atoms with E-state index in [1.54, 1.807) is 17.9 Å². The number of benzene rings is 1. The van der Waals surface area contributed by atoms with Crippen molar-refractivity contribution >= 4 is 58.1 Å². The number of nitrogens with zero attached hydrogens (tertiary/aromatic N) is 5. The molecule has 18 heteroatoms. The second kappa shape index (κ2) is 30.8. The zero-order chi connectivity index (χ0) is 54.4. The average molecular weight is 1010 g/mol. The van der Waals surface area contributed by atoms with Gasteiger partial charge in [0.2, 0.25) is 35.3 Å². The minimum Gasteiger partial charge on any atom is -0.467 e. The number of unbranched alkanes of at least 4 members (excludes halogenated alkanes) is 2. The average Bonchev–Trinajstić information content (AvgIpc) is 3.71. The van der Waals surface area contributed by atoms with Crippen LogP contribution in [0.3, 0.4) is 0 Å². The molecule has 18 nitrogen and oxygen atoms in total. The monoisotopic (exact) mass is 1010 g/mol. The van der Waals surface area contributed by atoms with Gasteiger partial charge in [0, 0.05) is 52.0 Å². The van der Waals surface area contributed by atoms with Gasteiger partial charge in [-0.05, 0) is 67.9 Å². The number of nitrogens with one attached hydrogen (secondary N) is 3. The van der Waals surface area contributed by atoms with Gasteiger partial charge in [-0.1, -0.05) is 112 Å². The molecule has 72 heavy (non-hydrogen) atoms. The maximum atomic E-state index is 15.1. The molecule has 1 heterocycles. The summed E-state index contributed by atoms with van der Waals surface area (Å²) in [5.74, 6) is -5.64. The summed E-state index contributed by atoms with van der Waals surface area (Å²) >= 11 is 0. The molecule has 0 radical (unpaired) electrons. The fraction of sp³-hybridized carbons (Fsp3) is 0.685. The van der Waals surface area contributed by atoms with E-state index in [9.17, 15) is 28.8 Å². The highest BCUT2D eigenvalue weighted by molar-refractivity contribution is 6.36. The summed E-state index contributed by atoms with van der Waals surface area (Å²) in [6, 6.07) is 2.57. The van der Waals surface area contributed by atoms with Gasteiger partial charge in [-0.2, -0.15) is 9.99 Å². The molecule has 402 valence electrons. The molecule has 1 aromatic carbocycles. The fourth-order valence-corrected chi connectivity index (χ4v) is 8.94. The minimum atomic E-state index is -1.24. The highest BCUT2D eigenvalue weighted by Gasteiger charge is 2.40. The molecule has 2 aromatic rings. The van der Waals surface area contributed by atoms with Gasteiger partial charge in [-0.3, -0.25) is 33.6 Å². The van der Waals surface area contributed by atoms with Crippen molar-refractivity contribution < 1.29 is 47.9 Å². The summed E-state index contributed by atoms with van der Waals surface area (Å²) in [6.45, 7) is 17.2. The summed E-state index contributed by atoms with van der Waals surface area (Å²) < 4.78 is 6.49. The van der Waals surface area contributed by atoms with Crippen molar-refractivity contribution in [1.29, 1.82) is 5.26 Å². The van der Waals surface area contributed by atoms with Gasteiger partial charge in [0.25, 0.3) is 5.91 Å². The number of methoxy groups -OCH3 is 1. The Labute approximate surface area is 428 Å². The molecule has 0 unspecified atom stereocenters. The summed E-state index contributed by atoms with van der Waals surface area (Å²) in [7, 11) is 7.18. The Kier molecular flexibility index (Phi) is 26.6. The van der Waals surface area contributed by atoms with E-state index >= 15 is 9.59 Å². The molecule has 0 aliphatic heterocycles. The van der Waals surface area contributed by atoms with E-state index in [0.29, 0.717) is 5.56 Å². The normalized spacial score (nSPS) is 14.7. The zero-order valence-corrected chi connectivity index (χ0v) is 45.7. The Morgan fingerprint density at radius 2 is 1.15 bits per heavy atom. The SMILES string of the molecule is CCCC[C@@H](C)C[C@H](NC(=O)[C@H](Cc1cn(OC)c2ccccc12)N(C)C(=O)[C@H](CC(C)C)NC(=O)[C@H](CC(C)C)N(C)C(=O)[C@H](C[C@H](C)CCCC)NC(=O)C(=O)CCC#N)C(=O)N(C)[C@@H](C)C(=O)OC. The Morgan fingerprint density at radius 1 is 0.667 bits per heavy atom. The lowest BCUT2D eigenvalue weighted by molar-refractivity contribution is -0.152. The first-order valence-electron chi connectivity index (χ1n) is 25.8. The van der Waals surface area contributed by atoms with Crippen LogP contribution >= 0.6 is 0 Å². The number of likely N-dealkylation sites (N-methyl/N-ethyl adjacent to an activating group) is 3. The lowest BCUT2D eigenvalue weighted by Gasteiger charge is -2.36. The van der Waals surface area contributed by atoms with Crippen LogP contribution in [0.25, 0.3) is 10.9 Å². The van der Waals surface area contributed by atoms with Crippen LogP contribution in [0.1, 0.15) is 145 Å². The fourth-order valence-electron chi connectivity index (χ4n) is 8.94. The molecule has 3 N–H and O–H groups in total. The second-order valence-corrected chi connectivity index (χ2v) is 20.4. The first-order chi connectivity index (χ1) is 34.0. The summed E-state index contributed by atoms with van der Waals surface area (Å²) in [6.07, 6.45) is 7.24. The van der Waals surface area contributed by atoms with Crippen LogP contribution in [-0.2, 0) is 49.5 Å². The van der Waals surface area contributed by atoms with Crippen LogP contribution in [0.5, 0.6) is 0 Å². The number of fused-ring (bicyclic) bond motifs is 1. The number of nitriles is 1. The van der Waals surface area contributed by atoms with Crippen molar-refractivity contribution in [2.45, 2.75) is 182 Å². The van der Waals surface area contributed by atoms with Crippen molar-refractivity contribution in [3.63, 3.8) is 0 Å². The van der Waals surface area contributed by atoms with Gasteiger partial charge >= 0.3 is 5.97 Å². The van der Waals surface area contributed by atoms with E-state index in [2.05, 4.69) is 22.9 Å². The quantitative estimate of drug-likeness (QED) is 0.0589. The molecule has 8 atom stereocenters. The molecular weight excluding hydrogens is 921 g/mol. The van der Waals surface area contributed by atoms with Crippen LogP contribution in [0, 0.1) is 35.0 Å². The number of aromatic nitrogens is 1. The van der Waals surface area contributed by atoms with Crippen molar-refractivity contribution in [3.05, 3.63) is 36.0 Å². The summed E-state index contributed by atoms with van der Waals surface area (Å²) in [5.41, 5.74) is 1.39. The molecule has 0 spiro atoms. The van der Waals surface area contributed by atoms with Gasteiger partial charge < -0.3 is 40.2 Å². The third-order valence-electron chi connectivity index (χ3n) is 13.4. The third kappa shape index (κ3) is 18.6. The van der Waals surface area contributed by atoms with Crippen LogP contribution in [0.15, 0.2) is 30.5 Å². The lowest BCUT2D eigenvalue weighted by atomic mass is 9.94. The van der Waals surface area contributed by atoms with Gasteiger partial charge in [0.1, 0.15) is 43.4 Å². The third-order valence-corrected chi connectivity index (χ3v) is 13.4. The first kappa shape index (κ1) is 62.1. The number of para-hydroxylation sites is 1. The molecule has 6 amide bonds. The summed E-state index contributed by atoms with van der Waals surface area (Å²) in [4.78, 5) is 121. The molecule has 0 aliphatic rings. The number of carbonyl (C=O) groups is 8. The molecule has 0 saturated carbocycles. The number of amides is 6. The number of rotatable bonds is 32. The number of esters is 1. The van der Waals surface area contributed by atoms with Gasteiger partial charge in [0.15, 0.2) is 0 Å². The Morgan fingerprint density at radius 3 is 1.65 bits per heavy atom. The summed E-state index contributed by atoms with van der Waals surface area (Å²) in [5, 5.41) is 18.3. The maximum Gasteiger partial charge on any atom is 0.328 e. The highest BCUT2D eigenvalue weighted by atomic mass is 16.6. The van der Waals surface area contributed by atoms with E-state index in [4.69, 9.17) is 14.8 Å². The molecule has 2 rings (SSSR count). The Bertz CT molecular complexity index is 2170. The van der Waals surface area contributed by atoms with Crippen LogP contribution in [0.2, 0.25) is 0 Å². The van der Waals surface area contributed by atoms with Gasteiger partial charge in [-0.25, -0.2) is 4.79 Å². The topological polar surface area (TPSA) is 230 Å². The Balaban J connectivity index is 2.71. The zero-order valence-electron chi connectivity index (χ0n) is 45.7. The van der Waals surface area contributed by atoms with Crippen molar-refractivity contribution in [2.75, 3.05) is 35.4 Å². The second-order valence-electron chi connectivity index (χ2n) is 20.4. The molecular formula is C54H86N8O10. The van der Waals surface area contributed by atoms with Crippen LogP contribution in [-0.4, -0.2) is 138 Å². The van der Waals surface area contributed by atoms with E-state index < -0.39 is 83.4 Å². The van der Waals surface area contributed by atoms with E-state index in [0.717, 1.165) is 49.4 Å². The molecule has 0 saturated heterocycles. The maximum absolute atomic E-state index is 15.1. The van der Waals surface area contributed by atoms with E-state index in [1.165, 1.54) is 50.1 Å². The number of ketones is 1. The van der Waals surface area contributed by atoms with E-state index in [-0.39, 0.29) is 68.6 Å². The van der Waals surface area contributed by atoms with Crippen LogP contribution in [0.4, 0.5) is 0 Å². The van der Waals surface area contributed by atoms with E-state index in [1.807, 2.05) is 78.8 Å². The first-order valence-corrected chi connectivity index (χ1v) is 25.8.